The fourth-order valence-electron chi connectivity index (χ4n) is 3.60. The predicted molar refractivity (Wildman–Crippen MR) is 86.2 cm³/mol. The standard InChI is InChI=1S/C18H28N2O/c1-13(2)9-14-3-5-15(6-4-14)18(19)12-20-10-16-7-8-17(11-20)21-16/h3-6,13,16-18H,7-12,19H2,1-2H3. The number of hydrogen-bond acceptors (Lipinski definition) is 3. The van der Waals surface area contributed by atoms with E-state index in [-0.39, 0.29) is 6.04 Å². The van der Waals surface area contributed by atoms with Gasteiger partial charge in [-0.05, 0) is 36.3 Å². The molecule has 3 heteroatoms. The van der Waals surface area contributed by atoms with Crippen LogP contribution < -0.4 is 5.73 Å². The Kier molecular flexibility index (Phi) is 4.63. The van der Waals surface area contributed by atoms with Crippen LogP contribution in [0.3, 0.4) is 0 Å². The molecule has 0 radical (unpaired) electrons. The molecule has 1 aromatic rings. The van der Waals surface area contributed by atoms with E-state index < -0.39 is 0 Å². The zero-order valence-corrected chi connectivity index (χ0v) is 13.3. The van der Waals surface area contributed by atoms with E-state index in [1.165, 1.54) is 24.0 Å². The summed E-state index contributed by atoms with van der Waals surface area (Å²) in [6.07, 6.45) is 4.48. The van der Waals surface area contributed by atoms with E-state index in [9.17, 15) is 0 Å². The lowest BCUT2D eigenvalue weighted by molar-refractivity contribution is -0.0397. The van der Waals surface area contributed by atoms with Crippen LogP contribution in [0, 0.1) is 5.92 Å². The van der Waals surface area contributed by atoms with E-state index in [0.717, 1.165) is 26.1 Å². The lowest BCUT2D eigenvalue weighted by atomic mass is 9.99. The third-order valence-electron chi connectivity index (χ3n) is 4.63. The molecular weight excluding hydrogens is 260 g/mol. The third-order valence-corrected chi connectivity index (χ3v) is 4.63. The smallest absolute Gasteiger partial charge is 0.0707 e. The number of rotatable bonds is 5. The number of nitrogens with two attached hydrogens (primary N) is 1. The number of benzene rings is 1. The number of likely N-dealkylation sites (tertiary alicyclic amines) is 1. The first-order chi connectivity index (χ1) is 10.1. The molecule has 2 saturated heterocycles. The largest absolute Gasteiger partial charge is 0.372 e. The Morgan fingerprint density at radius 2 is 1.76 bits per heavy atom. The fraction of sp³-hybridized carbons (Fsp3) is 0.667. The second-order valence-electron chi connectivity index (χ2n) is 7.12. The molecule has 0 spiro atoms. The highest BCUT2D eigenvalue weighted by molar-refractivity contribution is 5.25. The van der Waals surface area contributed by atoms with Crippen LogP contribution in [0.4, 0.5) is 0 Å². The Balaban J connectivity index is 1.56. The van der Waals surface area contributed by atoms with Gasteiger partial charge in [0, 0.05) is 25.7 Å². The van der Waals surface area contributed by atoms with Gasteiger partial charge >= 0.3 is 0 Å². The molecule has 3 atom stereocenters. The van der Waals surface area contributed by atoms with Crippen LogP contribution in [0.5, 0.6) is 0 Å². The summed E-state index contributed by atoms with van der Waals surface area (Å²) < 4.78 is 5.88. The zero-order chi connectivity index (χ0) is 14.8. The third kappa shape index (κ3) is 3.85. The maximum absolute atomic E-state index is 6.41. The first-order valence-corrected chi connectivity index (χ1v) is 8.32. The molecule has 21 heavy (non-hydrogen) atoms. The van der Waals surface area contributed by atoms with Crippen molar-refractivity contribution in [1.29, 1.82) is 0 Å². The average Bonchev–Trinajstić information content (AvgIpc) is 2.78. The van der Waals surface area contributed by atoms with Crippen LogP contribution in [-0.4, -0.2) is 36.7 Å². The van der Waals surface area contributed by atoms with Crippen molar-refractivity contribution in [1.82, 2.24) is 4.90 Å². The van der Waals surface area contributed by atoms with Gasteiger partial charge in [-0.2, -0.15) is 0 Å². The quantitative estimate of drug-likeness (QED) is 0.905. The van der Waals surface area contributed by atoms with Crippen molar-refractivity contribution in [2.45, 2.75) is 51.4 Å². The van der Waals surface area contributed by atoms with E-state index in [0.29, 0.717) is 18.1 Å². The summed E-state index contributed by atoms with van der Waals surface area (Å²) in [7, 11) is 0. The molecule has 3 rings (SSSR count). The molecule has 2 aliphatic heterocycles. The molecule has 3 nitrogen and oxygen atoms in total. The molecule has 0 amide bonds. The minimum atomic E-state index is 0.107. The van der Waals surface area contributed by atoms with Gasteiger partial charge in [-0.15, -0.1) is 0 Å². The number of morpholine rings is 1. The van der Waals surface area contributed by atoms with Gasteiger partial charge in [-0.25, -0.2) is 0 Å². The summed E-state index contributed by atoms with van der Waals surface area (Å²) in [4.78, 5) is 2.48. The number of fused-ring (bicyclic) bond motifs is 2. The normalized spacial score (nSPS) is 27.2. The van der Waals surface area contributed by atoms with Crippen molar-refractivity contribution in [3.05, 3.63) is 35.4 Å². The molecule has 2 aliphatic rings. The van der Waals surface area contributed by atoms with Crippen LogP contribution in [0.2, 0.25) is 0 Å². The van der Waals surface area contributed by atoms with Gasteiger partial charge in [0.15, 0.2) is 0 Å². The monoisotopic (exact) mass is 288 g/mol. The second kappa shape index (κ2) is 6.47. The van der Waals surface area contributed by atoms with Gasteiger partial charge in [-0.1, -0.05) is 38.1 Å². The molecule has 116 valence electrons. The van der Waals surface area contributed by atoms with Gasteiger partial charge in [0.25, 0.3) is 0 Å². The predicted octanol–water partition coefficient (Wildman–Crippen LogP) is 2.75. The zero-order valence-electron chi connectivity index (χ0n) is 13.3. The molecule has 0 saturated carbocycles. The van der Waals surface area contributed by atoms with Crippen molar-refractivity contribution >= 4 is 0 Å². The van der Waals surface area contributed by atoms with Crippen molar-refractivity contribution in [3.63, 3.8) is 0 Å². The SMILES string of the molecule is CC(C)Cc1ccc(C(N)CN2CC3CCC(C2)O3)cc1. The Bertz CT molecular complexity index is 445. The van der Waals surface area contributed by atoms with E-state index in [2.05, 4.69) is 43.0 Å². The van der Waals surface area contributed by atoms with E-state index >= 15 is 0 Å². The number of ether oxygens (including phenoxy) is 1. The highest BCUT2D eigenvalue weighted by atomic mass is 16.5. The van der Waals surface area contributed by atoms with Gasteiger partial charge in [0.1, 0.15) is 0 Å². The van der Waals surface area contributed by atoms with Crippen LogP contribution in [0.25, 0.3) is 0 Å². The Labute approximate surface area is 128 Å². The van der Waals surface area contributed by atoms with Crippen LogP contribution in [0.15, 0.2) is 24.3 Å². The second-order valence-corrected chi connectivity index (χ2v) is 7.12. The maximum Gasteiger partial charge on any atom is 0.0707 e. The van der Waals surface area contributed by atoms with Gasteiger partial charge in [0.2, 0.25) is 0 Å². The summed E-state index contributed by atoms with van der Waals surface area (Å²) in [6.45, 7) is 7.56. The summed E-state index contributed by atoms with van der Waals surface area (Å²) >= 11 is 0. The summed E-state index contributed by atoms with van der Waals surface area (Å²) in [5.74, 6) is 0.702. The number of nitrogens with zero attached hydrogens (tertiary/aromatic N) is 1. The van der Waals surface area contributed by atoms with Crippen molar-refractivity contribution in [2.24, 2.45) is 11.7 Å². The molecule has 3 unspecified atom stereocenters. The van der Waals surface area contributed by atoms with Gasteiger partial charge in [0.05, 0.1) is 12.2 Å². The molecule has 1 aromatic carbocycles. The van der Waals surface area contributed by atoms with Crippen LogP contribution in [0.1, 0.15) is 43.9 Å². The Morgan fingerprint density at radius 1 is 1.14 bits per heavy atom. The fourth-order valence-corrected chi connectivity index (χ4v) is 3.60. The highest BCUT2D eigenvalue weighted by Gasteiger charge is 2.34. The van der Waals surface area contributed by atoms with Crippen molar-refractivity contribution < 1.29 is 4.74 Å². The molecule has 2 fully saturated rings. The lowest BCUT2D eigenvalue weighted by Crippen LogP contribution is -2.45. The molecule has 0 aliphatic carbocycles. The van der Waals surface area contributed by atoms with Gasteiger partial charge in [-0.3, -0.25) is 4.90 Å². The maximum atomic E-state index is 6.41. The van der Waals surface area contributed by atoms with Crippen LogP contribution >= 0.6 is 0 Å². The summed E-state index contributed by atoms with van der Waals surface area (Å²) in [5.41, 5.74) is 9.06. The first-order valence-electron chi connectivity index (χ1n) is 8.32. The Hall–Kier alpha value is -0.900. The molecule has 2 heterocycles. The van der Waals surface area contributed by atoms with Gasteiger partial charge < -0.3 is 10.5 Å². The van der Waals surface area contributed by atoms with E-state index in [1.807, 2.05) is 0 Å². The minimum Gasteiger partial charge on any atom is -0.372 e. The van der Waals surface area contributed by atoms with E-state index in [4.69, 9.17) is 10.5 Å². The van der Waals surface area contributed by atoms with Crippen molar-refractivity contribution in [3.8, 4) is 0 Å². The minimum absolute atomic E-state index is 0.107. The first kappa shape index (κ1) is 15.0. The van der Waals surface area contributed by atoms with Crippen molar-refractivity contribution in [2.75, 3.05) is 19.6 Å². The lowest BCUT2D eigenvalue weighted by Gasteiger charge is -2.33. The molecule has 2 N–H and O–H groups in total. The average molecular weight is 288 g/mol. The summed E-state index contributed by atoms with van der Waals surface area (Å²) in [6, 6.07) is 8.99. The molecule has 0 aromatic heterocycles. The van der Waals surface area contributed by atoms with Crippen LogP contribution in [-0.2, 0) is 11.2 Å². The summed E-state index contributed by atoms with van der Waals surface area (Å²) in [5, 5.41) is 0. The highest BCUT2D eigenvalue weighted by Crippen LogP contribution is 2.27. The number of hydrogen-bond donors (Lipinski definition) is 1. The topological polar surface area (TPSA) is 38.5 Å². The molecular formula is C18H28N2O. The van der Waals surface area contributed by atoms with E-state index in [1.54, 1.807) is 0 Å². The Morgan fingerprint density at radius 3 is 2.33 bits per heavy atom. The molecule has 2 bridgehead atoms.